The van der Waals surface area contributed by atoms with E-state index >= 15 is 0 Å². The molecule has 3 saturated heterocycles. The average molecular weight is 380 g/mol. The van der Waals surface area contributed by atoms with Gasteiger partial charge in [-0.15, -0.1) is 0 Å². The van der Waals surface area contributed by atoms with Crippen LogP contribution < -0.4 is 0 Å². The second-order valence-electron chi connectivity index (χ2n) is 7.04. The third kappa shape index (κ3) is 3.92. The molecule has 6 atom stereocenters. The van der Waals surface area contributed by atoms with Crippen molar-refractivity contribution in [2.75, 3.05) is 6.54 Å². The van der Waals surface area contributed by atoms with Gasteiger partial charge in [0.25, 0.3) is 0 Å². The third-order valence-corrected chi connectivity index (χ3v) is 5.89. The monoisotopic (exact) mass is 379 g/mol. The first-order valence-electron chi connectivity index (χ1n) is 8.70. The maximum absolute atomic E-state index is 10.3. The summed E-state index contributed by atoms with van der Waals surface area (Å²) >= 11 is 5.97. The number of benzene rings is 1. The van der Waals surface area contributed by atoms with Gasteiger partial charge in [-0.25, -0.2) is 9.59 Å². The van der Waals surface area contributed by atoms with Gasteiger partial charge in [0.15, 0.2) is 0 Å². The SMILES string of the molecule is O=C(O)/C=C/C(=O)O.OC1CN2C3CC[C@H]2C[C@H](c2ccc(Cl)cc2)[C@H]13. The van der Waals surface area contributed by atoms with Gasteiger partial charge in [0.1, 0.15) is 0 Å². The number of rotatable bonds is 3. The van der Waals surface area contributed by atoms with Crippen LogP contribution in [-0.4, -0.2) is 56.9 Å². The maximum Gasteiger partial charge on any atom is 0.328 e. The fourth-order valence-electron chi connectivity index (χ4n) is 4.71. The first kappa shape index (κ1) is 18.9. The van der Waals surface area contributed by atoms with Crippen molar-refractivity contribution in [2.45, 2.75) is 43.4 Å². The largest absolute Gasteiger partial charge is 0.478 e. The Morgan fingerprint density at radius 2 is 1.69 bits per heavy atom. The summed E-state index contributed by atoms with van der Waals surface area (Å²) in [7, 11) is 0. The molecule has 140 valence electrons. The van der Waals surface area contributed by atoms with E-state index in [0.29, 0.717) is 36.1 Å². The number of carboxylic acids is 2. The molecule has 3 fully saturated rings. The lowest BCUT2D eigenvalue weighted by molar-refractivity contribution is -0.134. The molecule has 0 saturated carbocycles. The minimum absolute atomic E-state index is 0.138. The lowest BCUT2D eigenvalue weighted by Crippen LogP contribution is -2.41. The van der Waals surface area contributed by atoms with Crippen LogP contribution in [0.5, 0.6) is 0 Å². The molecule has 6 nitrogen and oxygen atoms in total. The van der Waals surface area contributed by atoms with Gasteiger partial charge in [0.05, 0.1) is 6.10 Å². The van der Waals surface area contributed by atoms with Crippen LogP contribution in [0, 0.1) is 5.92 Å². The third-order valence-electron chi connectivity index (χ3n) is 5.63. The van der Waals surface area contributed by atoms with Crippen LogP contribution in [0.15, 0.2) is 36.4 Å². The lowest BCUT2D eigenvalue weighted by atomic mass is 9.77. The zero-order valence-corrected chi connectivity index (χ0v) is 14.9. The minimum Gasteiger partial charge on any atom is -0.478 e. The second kappa shape index (κ2) is 7.78. The first-order chi connectivity index (χ1) is 12.4. The Balaban J connectivity index is 0.000000211. The Bertz CT molecular complexity index is 688. The number of carboxylic acid groups (broad SMARTS) is 2. The highest BCUT2D eigenvalue weighted by Gasteiger charge is 2.55. The Morgan fingerprint density at radius 3 is 2.27 bits per heavy atom. The minimum atomic E-state index is -1.26. The zero-order valence-electron chi connectivity index (χ0n) is 14.2. The molecule has 0 radical (unpaired) electrons. The summed E-state index contributed by atoms with van der Waals surface area (Å²) in [6, 6.07) is 9.57. The van der Waals surface area contributed by atoms with Crippen molar-refractivity contribution in [3.05, 3.63) is 47.0 Å². The van der Waals surface area contributed by atoms with Crippen molar-refractivity contribution in [1.29, 1.82) is 0 Å². The normalized spacial score (nSPS) is 34.4. The Kier molecular flexibility index (Phi) is 5.65. The highest BCUT2D eigenvalue weighted by Crippen LogP contribution is 2.52. The first-order valence-corrected chi connectivity index (χ1v) is 9.08. The smallest absolute Gasteiger partial charge is 0.328 e. The number of halogens is 1. The molecule has 3 unspecified atom stereocenters. The van der Waals surface area contributed by atoms with E-state index in [4.69, 9.17) is 21.8 Å². The summed E-state index contributed by atoms with van der Waals surface area (Å²) in [5, 5.41) is 26.8. The maximum atomic E-state index is 10.3. The highest BCUT2D eigenvalue weighted by molar-refractivity contribution is 6.30. The van der Waals surface area contributed by atoms with E-state index < -0.39 is 11.9 Å². The second-order valence-corrected chi connectivity index (χ2v) is 7.48. The van der Waals surface area contributed by atoms with Gasteiger partial charge in [-0.2, -0.15) is 0 Å². The van der Waals surface area contributed by atoms with Crippen LogP contribution in [0.4, 0.5) is 0 Å². The van der Waals surface area contributed by atoms with Crippen LogP contribution in [0.3, 0.4) is 0 Å². The van der Waals surface area contributed by atoms with Crippen molar-refractivity contribution >= 4 is 23.5 Å². The number of aliphatic hydroxyl groups is 1. The summed E-state index contributed by atoms with van der Waals surface area (Å²) in [5.41, 5.74) is 1.36. The summed E-state index contributed by atoms with van der Waals surface area (Å²) in [6.45, 7) is 0.893. The molecule has 3 heterocycles. The highest BCUT2D eigenvalue weighted by atomic mass is 35.5. The van der Waals surface area contributed by atoms with Crippen molar-refractivity contribution in [2.24, 2.45) is 5.92 Å². The lowest BCUT2D eigenvalue weighted by Gasteiger charge is -2.37. The number of piperidine rings is 1. The van der Waals surface area contributed by atoms with E-state index in [9.17, 15) is 14.7 Å². The van der Waals surface area contributed by atoms with Gasteiger partial charge in [-0.3, -0.25) is 4.90 Å². The van der Waals surface area contributed by atoms with Gasteiger partial charge in [0.2, 0.25) is 0 Å². The van der Waals surface area contributed by atoms with E-state index in [0.717, 1.165) is 11.6 Å². The Morgan fingerprint density at radius 1 is 1.08 bits per heavy atom. The van der Waals surface area contributed by atoms with E-state index in [-0.39, 0.29) is 6.10 Å². The summed E-state index contributed by atoms with van der Waals surface area (Å²) < 4.78 is 0. The van der Waals surface area contributed by atoms with Crippen molar-refractivity contribution < 1.29 is 24.9 Å². The van der Waals surface area contributed by atoms with E-state index in [2.05, 4.69) is 17.0 Å². The molecule has 1 aromatic rings. The standard InChI is InChI=1S/C15H18ClNO.C4H4O4/c16-10-3-1-9(2-4-10)12-7-11-5-6-13-15(12)14(18)8-17(11)13;5-3(6)1-2-4(7)8/h1-4,11-15,18H,5-8H2;1-2H,(H,5,6)(H,7,8)/b;2-1+/t11-,12+,13?,14?,15-;/m0./s1. The molecule has 0 aliphatic carbocycles. The molecule has 3 aliphatic rings. The molecule has 0 aromatic heterocycles. The van der Waals surface area contributed by atoms with E-state index in [1.165, 1.54) is 24.8 Å². The number of hydrogen-bond acceptors (Lipinski definition) is 4. The quantitative estimate of drug-likeness (QED) is 0.697. The van der Waals surface area contributed by atoms with Gasteiger partial charge in [-0.1, -0.05) is 23.7 Å². The predicted octanol–water partition coefficient (Wildman–Crippen LogP) is 2.36. The molecule has 3 N–H and O–H groups in total. The topological polar surface area (TPSA) is 98.1 Å². The molecule has 0 spiro atoms. The van der Waals surface area contributed by atoms with Crippen LogP contribution in [0.25, 0.3) is 0 Å². The van der Waals surface area contributed by atoms with E-state index in [1.807, 2.05) is 12.1 Å². The molecular weight excluding hydrogens is 358 g/mol. The summed E-state index contributed by atoms with van der Waals surface area (Å²) in [4.78, 5) is 21.7. The van der Waals surface area contributed by atoms with Crippen LogP contribution in [0.1, 0.15) is 30.7 Å². The van der Waals surface area contributed by atoms with Crippen LogP contribution in [-0.2, 0) is 9.59 Å². The number of aliphatic hydroxyl groups excluding tert-OH is 1. The van der Waals surface area contributed by atoms with Crippen molar-refractivity contribution in [3.8, 4) is 0 Å². The van der Waals surface area contributed by atoms with Crippen molar-refractivity contribution in [1.82, 2.24) is 4.90 Å². The average Bonchev–Trinajstić information content (AvgIpc) is 2.98. The molecule has 26 heavy (non-hydrogen) atoms. The van der Waals surface area contributed by atoms with E-state index in [1.54, 1.807) is 0 Å². The van der Waals surface area contributed by atoms with Crippen LogP contribution >= 0.6 is 11.6 Å². The predicted molar refractivity (Wildman–Crippen MR) is 96.2 cm³/mol. The van der Waals surface area contributed by atoms with Gasteiger partial charge >= 0.3 is 11.9 Å². The molecule has 4 rings (SSSR count). The fraction of sp³-hybridized carbons (Fsp3) is 0.474. The Hall–Kier alpha value is -1.89. The molecule has 0 amide bonds. The molecule has 1 aromatic carbocycles. The van der Waals surface area contributed by atoms with Gasteiger partial charge in [-0.05, 0) is 42.9 Å². The number of carbonyl (C=O) groups is 2. The van der Waals surface area contributed by atoms with Gasteiger partial charge < -0.3 is 15.3 Å². The fourth-order valence-corrected chi connectivity index (χ4v) is 4.83. The van der Waals surface area contributed by atoms with Crippen molar-refractivity contribution in [3.63, 3.8) is 0 Å². The molecule has 4 bridgehead atoms. The van der Waals surface area contributed by atoms with Crippen LogP contribution in [0.2, 0.25) is 5.02 Å². The summed E-state index contributed by atoms with van der Waals surface area (Å²) in [6.07, 6.45) is 4.78. The molecule has 3 aliphatic heterocycles. The number of aliphatic carboxylic acids is 2. The van der Waals surface area contributed by atoms with Gasteiger partial charge in [0, 0.05) is 41.7 Å². The molecule has 7 heteroatoms. The number of nitrogens with zero attached hydrogens (tertiary/aromatic N) is 1. The zero-order chi connectivity index (χ0) is 18.8. The molecular formula is C19H22ClNO5. The Labute approximate surface area is 156 Å². The number of hydrogen-bond donors (Lipinski definition) is 3. The summed E-state index contributed by atoms with van der Waals surface area (Å²) in [5.74, 6) is -1.56.